The van der Waals surface area contributed by atoms with E-state index in [0.29, 0.717) is 6.42 Å². The number of rotatable bonds is 5. The van der Waals surface area contributed by atoms with E-state index in [2.05, 4.69) is 5.32 Å². The fourth-order valence-corrected chi connectivity index (χ4v) is 3.18. The topological polar surface area (TPSA) is 86.6 Å². The van der Waals surface area contributed by atoms with Crippen LogP contribution in [0.15, 0.2) is 29.2 Å². The quantitative estimate of drug-likeness (QED) is 0.738. The van der Waals surface area contributed by atoms with E-state index in [1.807, 2.05) is 24.3 Å². The van der Waals surface area contributed by atoms with Crippen LogP contribution in [-0.2, 0) is 16.0 Å². The van der Waals surface area contributed by atoms with E-state index in [4.69, 9.17) is 10.2 Å². The van der Waals surface area contributed by atoms with Crippen LogP contribution in [0.1, 0.15) is 12.0 Å². The van der Waals surface area contributed by atoms with E-state index in [0.717, 1.165) is 10.5 Å². The number of aliphatic hydroxyl groups is 1. The molecular weight excluding hydrogens is 266 g/mol. The van der Waals surface area contributed by atoms with Crippen molar-refractivity contribution in [1.82, 2.24) is 5.32 Å². The van der Waals surface area contributed by atoms with Gasteiger partial charge in [-0.05, 0) is 18.1 Å². The second-order valence-electron chi connectivity index (χ2n) is 4.33. The van der Waals surface area contributed by atoms with Gasteiger partial charge in [-0.25, -0.2) is 4.79 Å². The summed E-state index contributed by atoms with van der Waals surface area (Å²) in [4.78, 5) is 24.0. The molecule has 5 nitrogen and oxygen atoms in total. The molecule has 1 aliphatic rings. The molecule has 102 valence electrons. The van der Waals surface area contributed by atoms with Crippen molar-refractivity contribution in [3.63, 3.8) is 0 Å². The highest BCUT2D eigenvalue weighted by atomic mass is 32.2. The van der Waals surface area contributed by atoms with Crippen molar-refractivity contribution >= 4 is 23.6 Å². The summed E-state index contributed by atoms with van der Waals surface area (Å²) in [7, 11) is 0. The minimum atomic E-state index is -1.12. The van der Waals surface area contributed by atoms with Crippen molar-refractivity contribution in [3.8, 4) is 0 Å². The summed E-state index contributed by atoms with van der Waals surface area (Å²) in [5.41, 5.74) is 1.11. The number of benzene rings is 1. The standard InChI is InChI=1S/C13H15NO4S/c15-6-5-9(13(17)18)14-12(16)11-7-8-3-1-2-4-10(8)19-11/h1-4,9,11,15H,5-7H2,(H,14,16)(H,17,18)/t9-,11?/m1/s1. The number of aliphatic carboxylic acids is 1. The Bertz CT molecular complexity index is 466. The highest BCUT2D eigenvalue weighted by Gasteiger charge is 2.30. The molecule has 0 bridgehead atoms. The summed E-state index contributed by atoms with van der Waals surface area (Å²) in [6.45, 7) is -0.269. The molecular formula is C13H15NO4S. The molecule has 0 saturated carbocycles. The Hall–Kier alpha value is -1.53. The Kier molecular flexibility index (Phi) is 4.44. The zero-order chi connectivity index (χ0) is 13.8. The minimum absolute atomic E-state index is 0.0193. The second-order valence-corrected chi connectivity index (χ2v) is 5.57. The van der Waals surface area contributed by atoms with E-state index in [1.165, 1.54) is 11.8 Å². The number of hydrogen-bond donors (Lipinski definition) is 3. The first kappa shape index (κ1) is 13.9. The molecule has 1 aliphatic heterocycles. The molecule has 1 unspecified atom stereocenters. The van der Waals surface area contributed by atoms with Crippen LogP contribution >= 0.6 is 11.8 Å². The van der Waals surface area contributed by atoms with Crippen molar-refractivity contribution in [2.75, 3.05) is 6.61 Å². The summed E-state index contributed by atoms with van der Waals surface area (Å²) in [6.07, 6.45) is 0.629. The third-order valence-electron chi connectivity index (χ3n) is 2.97. The zero-order valence-electron chi connectivity index (χ0n) is 10.2. The Labute approximate surface area is 115 Å². The number of carboxylic acids is 1. The smallest absolute Gasteiger partial charge is 0.326 e. The molecule has 1 heterocycles. The number of thioether (sulfide) groups is 1. The molecule has 0 saturated heterocycles. The molecule has 0 fully saturated rings. The summed E-state index contributed by atoms with van der Waals surface area (Å²) in [5.74, 6) is -1.41. The first-order valence-corrected chi connectivity index (χ1v) is 6.88. The summed E-state index contributed by atoms with van der Waals surface area (Å²) < 4.78 is 0. The number of carbonyl (C=O) groups is 2. The van der Waals surface area contributed by atoms with Gasteiger partial charge in [-0.3, -0.25) is 4.79 Å². The summed E-state index contributed by atoms with van der Waals surface area (Å²) in [5, 5.41) is 19.9. The van der Waals surface area contributed by atoms with Gasteiger partial charge >= 0.3 is 5.97 Å². The Morgan fingerprint density at radius 2 is 2.16 bits per heavy atom. The molecule has 1 aromatic carbocycles. The largest absolute Gasteiger partial charge is 0.480 e. The highest BCUT2D eigenvalue weighted by Crippen LogP contribution is 2.36. The number of nitrogens with one attached hydrogen (secondary N) is 1. The lowest BCUT2D eigenvalue weighted by atomic mass is 10.1. The first-order chi connectivity index (χ1) is 9.11. The third kappa shape index (κ3) is 3.27. The van der Waals surface area contributed by atoms with Crippen LogP contribution in [0, 0.1) is 0 Å². The van der Waals surface area contributed by atoms with Gasteiger partial charge in [0.25, 0.3) is 0 Å². The monoisotopic (exact) mass is 281 g/mol. The lowest BCUT2D eigenvalue weighted by molar-refractivity contribution is -0.142. The van der Waals surface area contributed by atoms with Gasteiger partial charge in [-0.15, -0.1) is 11.8 Å². The van der Waals surface area contributed by atoms with Crippen molar-refractivity contribution < 1.29 is 19.8 Å². The average molecular weight is 281 g/mol. The number of carbonyl (C=O) groups excluding carboxylic acids is 1. The number of hydrogen-bond acceptors (Lipinski definition) is 4. The van der Waals surface area contributed by atoms with Gasteiger partial charge in [0.05, 0.1) is 5.25 Å². The summed E-state index contributed by atoms with van der Waals surface area (Å²) in [6, 6.07) is 6.73. The Balaban J connectivity index is 1.97. The zero-order valence-corrected chi connectivity index (χ0v) is 11.0. The lowest BCUT2D eigenvalue weighted by Gasteiger charge is -2.15. The molecule has 6 heteroatoms. The number of carboxylic acid groups (broad SMARTS) is 1. The maximum Gasteiger partial charge on any atom is 0.326 e. The van der Waals surface area contributed by atoms with Gasteiger partial charge in [0.15, 0.2) is 0 Å². The van der Waals surface area contributed by atoms with Gasteiger partial charge in [0.2, 0.25) is 5.91 Å². The van der Waals surface area contributed by atoms with Crippen LogP contribution in [0.4, 0.5) is 0 Å². The Morgan fingerprint density at radius 1 is 1.42 bits per heavy atom. The molecule has 3 N–H and O–H groups in total. The molecule has 0 aliphatic carbocycles. The van der Waals surface area contributed by atoms with E-state index in [9.17, 15) is 9.59 Å². The maximum atomic E-state index is 12.0. The SMILES string of the molecule is O=C(N[C@H](CCO)C(=O)O)C1Cc2ccccc2S1. The number of fused-ring (bicyclic) bond motifs is 1. The fraction of sp³-hybridized carbons (Fsp3) is 0.385. The van der Waals surface area contributed by atoms with Crippen LogP contribution in [0.25, 0.3) is 0 Å². The Morgan fingerprint density at radius 3 is 2.79 bits per heavy atom. The predicted octanol–water partition coefficient (Wildman–Crippen LogP) is 0.655. The molecule has 0 spiro atoms. The van der Waals surface area contributed by atoms with Gasteiger partial charge in [-0.2, -0.15) is 0 Å². The van der Waals surface area contributed by atoms with Crippen LogP contribution in [0.5, 0.6) is 0 Å². The van der Waals surface area contributed by atoms with Gasteiger partial charge in [0, 0.05) is 17.9 Å². The summed E-state index contributed by atoms with van der Waals surface area (Å²) >= 11 is 1.45. The van der Waals surface area contributed by atoms with Crippen molar-refractivity contribution in [2.24, 2.45) is 0 Å². The van der Waals surface area contributed by atoms with Crippen LogP contribution < -0.4 is 5.32 Å². The van der Waals surface area contributed by atoms with E-state index < -0.39 is 12.0 Å². The van der Waals surface area contributed by atoms with Crippen molar-refractivity contribution in [3.05, 3.63) is 29.8 Å². The van der Waals surface area contributed by atoms with Gasteiger partial charge in [-0.1, -0.05) is 18.2 Å². The normalized spacial score (nSPS) is 18.7. The molecule has 2 rings (SSSR count). The van der Waals surface area contributed by atoms with Gasteiger partial charge < -0.3 is 15.5 Å². The van der Waals surface area contributed by atoms with Crippen molar-refractivity contribution in [1.29, 1.82) is 0 Å². The molecule has 19 heavy (non-hydrogen) atoms. The average Bonchev–Trinajstić information content (AvgIpc) is 2.81. The number of amides is 1. The van der Waals surface area contributed by atoms with Gasteiger partial charge in [0.1, 0.15) is 6.04 Å². The predicted molar refractivity (Wildman–Crippen MR) is 71.1 cm³/mol. The van der Waals surface area contributed by atoms with E-state index >= 15 is 0 Å². The van der Waals surface area contributed by atoms with Crippen LogP contribution in [-0.4, -0.2) is 40.0 Å². The van der Waals surface area contributed by atoms with Crippen LogP contribution in [0.2, 0.25) is 0 Å². The molecule has 0 aromatic heterocycles. The maximum absolute atomic E-state index is 12.0. The molecule has 1 aromatic rings. The first-order valence-electron chi connectivity index (χ1n) is 6.00. The lowest BCUT2D eigenvalue weighted by Crippen LogP contribution is -2.45. The van der Waals surface area contributed by atoms with E-state index in [1.54, 1.807) is 0 Å². The number of aliphatic hydroxyl groups excluding tert-OH is 1. The third-order valence-corrected chi connectivity index (χ3v) is 4.29. The fourth-order valence-electron chi connectivity index (χ4n) is 1.98. The van der Waals surface area contributed by atoms with Crippen molar-refractivity contribution in [2.45, 2.75) is 29.0 Å². The minimum Gasteiger partial charge on any atom is -0.480 e. The van der Waals surface area contributed by atoms with Crippen LogP contribution in [0.3, 0.4) is 0 Å². The molecule has 2 atom stereocenters. The van der Waals surface area contributed by atoms with E-state index in [-0.39, 0.29) is 24.2 Å². The highest BCUT2D eigenvalue weighted by molar-refractivity contribution is 8.01. The second kappa shape index (κ2) is 6.08. The molecule has 1 amide bonds. The molecule has 0 radical (unpaired) electrons.